The number of aliphatic hydroxyl groups excluding tert-OH is 1. The zero-order chi connectivity index (χ0) is 13.8. The molecule has 0 aromatic heterocycles. The molecule has 4 N–H and O–H groups in total. The van der Waals surface area contributed by atoms with Crippen molar-refractivity contribution in [3.8, 4) is 0 Å². The Morgan fingerprint density at radius 1 is 1.35 bits per heavy atom. The molecule has 0 atom stereocenters. The van der Waals surface area contributed by atoms with Crippen LogP contribution in [0.5, 0.6) is 0 Å². The van der Waals surface area contributed by atoms with Crippen LogP contribution in [0, 0.1) is 0 Å². The van der Waals surface area contributed by atoms with Crippen molar-refractivity contribution < 1.29 is 15.0 Å². The van der Waals surface area contributed by atoms with Gasteiger partial charge in [-0.25, -0.2) is 4.79 Å². The molecule has 0 saturated heterocycles. The molecule has 98 valence electrons. The Morgan fingerprint density at radius 3 is 2.24 bits per heavy atom. The minimum atomic E-state index is -1.33. The predicted molar refractivity (Wildman–Crippen MR) is 70.8 cm³/mol. The summed E-state index contributed by atoms with van der Waals surface area (Å²) < 4.78 is 0. The van der Waals surface area contributed by atoms with Gasteiger partial charge in [-0.3, -0.25) is 0 Å². The van der Waals surface area contributed by atoms with Crippen molar-refractivity contribution in [2.45, 2.75) is 19.8 Å². The van der Waals surface area contributed by atoms with Crippen molar-refractivity contribution in [2.24, 2.45) is 5.73 Å². The molecular formula is C11H17Cl2NO3. The molecule has 6 heteroatoms. The lowest BCUT2D eigenvalue weighted by Crippen LogP contribution is -2.03. The van der Waals surface area contributed by atoms with Crippen LogP contribution in [0.3, 0.4) is 0 Å². The summed E-state index contributed by atoms with van der Waals surface area (Å²) in [5.74, 6) is 0. The van der Waals surface area contributed by atoms with Crippen LogP contribution in [0.4, 0.5) is 4.79 Å². The summed E-state index contributed by atoms with van der Waals surface area (Å²) in [6.07, 6.45) is 0.763. The first-order chi connectivity index (χ1) is 7.99. The van der Waals surface area contributed by atoms with Gasteiger partial charge >= 0.3 is 6.09 Å². The van der Waals surface area contributed by atoms with Crippen LogP contribution in [0.15, 0.2) is 18.2 Å². The van der Waals surface area contributed by atoms with E-state index >= 15 is 0 Å². The number of amides is 1. The number of aryl methyl sites for hydroxylation is 1. The van der Waals surface area contributed by atoms with Gasteiger partial charge in [0.05, 0.1) is 10.0 Å². The normalized spacial score (nSPS) is 8.29. The summed E-state index contributed by atoms with van der Waals surface area (Å²) in [5, 5.41) is 15.5. The quantitative estimate of drug-likeness (QED) is 0.779. The van der Waals surface area contributed by atoms with Gasteiger partial charge in [-0.2, -0.15) is 0 Å². The fourth-order valence-electron chi connectivity index (χ4n) is 1.01. The maximum Gasteiger partial charge on any atom is 0.402 e. The molecule has 4 nitrogen and oxygen atoms in total. The van der Waals surface area contributed by atoms with Gasteiger partial charge in [0, 0.05) is 7.11 Å². The molecule has 0 saturated carbocycles. The number of benzene rings is 1. The Bertz CT molecular complexity index is 328. The van der Waals surface area contributed by atoms with Crippen LogP contribution < -0.4 is 5.73 Å². The Labute approximate surface area is 111 Å². The van der Waals surface area contributed by atoms with Crippen molar-refractivity contribution in [2.75, 3.05) is 7.11 Å². The summed E-state index contributed by atoms with van der Waals surface area (Å²) in [6, 6.07) is 5.75. The monoisotopic (exact) mass is 281 g/mol. The number of aliphatic hydroxyl groups is 1. The highest BCUT2D eigenvalue weighted by Gasteiger charge is 2.01. The van der Waals surface area contributed by atoms with Crippen LogP contribution in [-0.4, -0.2) is 23.4 Å². The number of nitrogens with two attached hydrogens (primary N) is 1. The van der Waals surface area contributed by atoms with Gasteiger partial charge in [-0.1, -0.05) is 48.7 Å². The lowest BCUT2D eigenvalue weighted by atomic mass is 10.1. The van der Waals surface area contributed by atoms with E-state index in [0.717, 1.165) is 25.5 Å². The van der Waals surface area contributed by atoms with Gasteiger partial charge in [0.25, 0.3) is 0 Å². The molecule has 1 amide bonds. The highest BCUT2D eigenvalue weighted by Crippen LogP contribution is 2.26. The van der Waals surface area contributed by atoms with Crippen molar-refractivity contribution in [3.05, 3.63) is 33.8 Å². The summed E-state index contributed by atoms with van der Waals surface area (Å²) in [7, 11) is 1.00. The molecule has 0 aliphatic rings. The third-order valence-corrected chi connectivity index (χ3v) is 2.41. The van der Waals surface area contributed by atoms with Gasteiger partial charge in [-0.15, -0.1) is 0 Å². The summed E-state index contributed by atoms with van der Waals surface area (Å²) in [6.45, 7) is 2.12. The molecular weight excluding hydrogens is 265 g/mol. The average molecular weight is 282 g/mol. The van der Waals surface area contributed by atoms with Crippen LogP contribution >= 0.6 is 23.2 Å². The van der Waals surface area contributed by atoms with E-state index in [2.05, 4.69) is 12.7 Å². The van der Waals surface area contributed by atoms with E-state index in [0.29, 0.717) is 10.0 Å². The third kappa shape index (κ3) is 9.93. The lowest BCUT2D eigenvalue weighted by molar-refractivity contribution is 0.205. The largest absolute Gasteiger partial charge is 0.465 e. The molecule has 0 radical (unpaired) electrons. The van der Waals surface area contributed by atoms with Crippen LogP contribution in [-0.2, 0) is 6.42 Å². The molecule has 0 heterocycles. The average Bonchev–Trinajstić information content (AvgIpc) is 2.27. The second-order valence-electron chi connectivity index (χ2n) is 2.80. The van der Waals surface area contributed by atoms with Crippen LogP contribution in [0.2, 0.25) is 10.0 Å². The van der Waals surface area contributed by atoms with Gasteiger partial charge in [-0.05, 0) is 18.1 Å². The minimum absolute atomic E-state index is 0.651. The van der Waals surface area contributed by atoms with Crippen molar-refractivity contribution >= 4 is 29.3 Å². The molecule has 1 rings (SSSR count). The van der Waals surface area contributed by atoms with Gasteiger partial charge in [0.1, 0.15) is 0 Å². The molecule has 1 aromatic rings. The maximum atomic E-state index is 8.78. The van der Waals surface area contributed by atoms with Gasteiger partial charge in [0.15, 0.2) is 0 Å². The lowest BCUT2D eigenvalue weighted by Gasteiger charge is -2.02. The SMILES string of the molecule is CCCc1cccc(Cl)c1Cl.CO.NC(=O)O. The number of hydrogen-bond donors (Lipinski definition) is 3. The van der Waals surface area contributed by atoms with E-state index in [4.69, 9.17) is 38.2 Å². The molecule has 0 aliphatic heterocycles. The van der Waals surface area contributed by atoms with Gasteiger partial charge < -0.3 is 15.9 Å². The number of primary amides is 1. The smallest absolute Gasteiger partial charge is 0.402 e. The topological polar surface area (TPSA) is 83.5 Å². The number of carboxylic acid groups (broad SMARTS) is 1. The minimum Gasteiger partial charge on any atom is -0.465 e. The molecule has 0 bridgehead atoms. The Balaban J connectivity index is 0. The first-order valence-corrected chi connectivity index (χ1v) is 5.60. The number of hydrogen-bond acceptors (Lipinski definition) is 2. The van der Waals surface area contributed by atoms with Crippen molar-refractivity contribution in [1.82, 2.24) is 0 Å². The number of halogens is 2. The predicted octanol–water partition coefficient (Wildman–Crippen LogP) is 3.18. The first kappa shape index (κ1) is 18.4. The third-order valence-electron chi connectivity index (χ3n) is 1.55. The Morgan fingerprint density at radius 2 is 1.82 bits per heavy atom. The fourth-order valence-corrected chi connectivity index (χ4v) is 1.43. The first-order valence-electron chi connectivity index (χ1n) is 4.85. The molecule has 0 fully saturated rings. The van der Waals surface area contributed by atoms with E-state index in [1.165, 1.54) is 0 Å². The highest BCUT2D eigenvalue weighted by atomic mass is 35.5. The van der Waals surface area contributed by atoms with Crippen molar-refractivity contribution in [3.63, 3.8) is 0 Å². The second kappa shape index (κ2) is 11.5. The molecule has 0 unspecified atom stereocenters. The Hall–Kier alpha value is -0.970. The van der Waals surface area contributed by atoms with Crippen LogP contribution in [0.1, 0.15) is 18.9 Å². The van der Waals surface area contributed by atoms with E-state index in [9.17, 15) is 0 Å². The zero-order valence-corrected chi connectivity index (χ0v) is 11.3. The maximum absolute atomic E-state index is 8.78. The number of rotatable bonds is 2. The van der Waals surface area contributed by atoms with E-state index in [1.807, 2.05) is 18.2 Å². The van der Waals surface area contributed by atoms with E-state index in [-0.39, 0.29) is 0 Å². The highest BCUT2D eigenvalue weighted by molar-refractivity contribution is 6.42. The van der Waals surface area contributed by atoms with E-state index < -0.39 is 6.09 Å². The Kier molecular flexibility index (Phi) is 12.5. The van der Waals surface area contributed by atoms with Crippen LogP contribution in [0.25, 0.3) is 0 Å². The van der Waals surface area contributed by atoms with Crippen molar-refractivity contribution in [1.29, 1.82) is 0 Å². The summed E-state index contributed by atoms with van der Waals surface area (Å²) in [5.41, 5.74) is 5.17. The fraction of sp³-hybridized carbons (Fsp3) is 0.364. The molecule has 1 aromatic carbocycles. The van der Waals surface area contributed by atoms with E-state index in [1.54, 1.807) is 0 Å². The van der Waals surface area contributed by atoms with Gasteiger partial charge in [0.2, 0.25) is 0 Å². The molecule has 0 aliphatic carbocycles. The second-order valence-corrected chi connectivity index (χ2v) is 3.59. The number of carbonyl (C=O) groups is 1. The standard InChI is InChI=1S/C9H10Cl2.CH3NO2.CH4O/c1-2-4-7-5-3-6-8(10)9(7)11;2-1(3)4;1-2/h3,5-6H,2,4H2,1H3;2H2,(H,3,4);2H,1H3. The summed E-state index contributed by atoms with van der Waals surface area (Å²) in [4.78, 5) is 8.78. The zero-order valence-electron chi connectivity index (χ0n) is 9.78. The summed E-state index contributed by atoms with van der Waals surface area (Å²) >= 11 is 11.8. The molecule has 17 heavy (non-hydrogen) atoms. The molecule has 0 spiro atoms.